The van der Waals surface area contributed by atoms with Crippen LogP contribution in [0.15, 0.2) is 35.6 Å². The van der Waals surface area contributed by atoms with Crippen molar-refractivity contribution in [2.24, 2.45) is 10.4 Å². The molecule has 1 amide bonds. The highest BCUT2D eigenvalue weighted by molar-refractivity contribution is 6.14. The summed E-state index contributed by atoms with van der Waals surface area (Å²) in [4.78, 5) is 30.6. The van der Waals surface area contributed by atoms with E-state index in [1.165, 1.54) is 5.56 Å². The smallest absolute Gasteiger partial charge is 0.228 e. The molecule has 33 heavy (non-hydrogen) atoms. The van der Waals surface area contributed by atoms with E-state index >= 15 is 0 Å². The number of methoxy groups -OCH3 is 1. The summed E-state index contributed by atoms with van der Waals surface area (Å²) in [6, 6.07) is 8.13. The number of carbonyl (C=O) groups is 1. The molecule has 2 fully saturated rings. The third kappa shape index (κ3) is 4.08. The molecular weight excluding hydrogens is 418 g/mol. The van der Waals surface area contributed by atoms with E-state index < -0.39 is 0 Å². The summed E-state index contributed by atoms with van der Waals surface area (Å²) in [6.07, 6.45) is 4.30. The number of piperidine rings is 1. The predicted octanol–water partition coefficient (Wildman–Crippen LogP) is 2.69. The zero-order chi connectivity index (χ0) is 23.0. The highest BCUT2D eigenvalue weighted by Gasteiger charge is 2.47. The van der Waals surface area contributed by atoms with Crippen LogP contribution in [0.5, 0.6) is 5.75 Å². The van der Waals surface area contributed by atoms with Gasteiger partial charge in [0, 0.05) is 45.4 Å². The number of hydrogen-bond acceptors (Lipinski definition) is 7. The van der Waals surface area contributed by atoms with Crippen LogP contribution in [0.1, 0.15) is 43.0 Å². The van der Waals surface area contributed by atoms with Crippen molar-refractivity contribution in [1.29, 1.82) is 0 Å². The molecular formula is C25H31N5O3. The Morgan fingerprint density at radius 1 is 1.12 bits per heavy atom. The summed E-state index contributed by atoms with van der Waals surface area (Å²) >= 11 is 0. The fourth-order valence-corrected chi connectivity index (χ4v) is 5.23. The minimum absolute atomic E-state index is 0.0329. The van der Waals surface area contributed by atoms with Crippen molar-refractivity contribution >= 4 is 17.4 Å². The number of aromatic nitrogens is 2. The molecule has 0 saturated carbocycles. The molecule has 1 atom stereocenters. The standard InChI is InChI=1S/C25H31N5O3/c1-17(15-32-3)33-19-5-4-18-14-26-23(20(18)12-19)21-13-22(28-16-27-21)30-10-7-25(8-11-30)6-9-29(2)24(25)31/h4-5,12-13,16-17H,6-11,14-15H2,1-3H3/t17-/m0/s1. The number of hydrogen-bond donors (Lipinski definition) is 0. The number of aliphatic imine (C=N–C) groups is 1. The number of amides is 1. The second-order valence-electron chi connectivity index (χ2n) is 9.37. The summed E-state index contributed by atoms with van der Waals surface area (Å²) in [5.41, 5.74) is 3.74. The van der Waals surface area contributed by atoms with Crippen molar-refractivity contribution < 1.29 is 14.3 Å². The number of likely N-dealkylation sites (tertiary alicyclic amines) is 1. The molecule has 4 heterocycles. The SMILES string of the molecule is COC[C@H](C)Oc1ccc2c(c1)C(c1cc(N3CCC4(CCN(C)C4=O)CC3)ncn1)=NC2. The Bertz CT molecular complexity index is 1080. The molecule has 3 aliphatic rings. The van der Waals surface area contributed by atoms with Crippen LogP contribution in [0.2, 0.25) is 0 Å². The van der Waals surface area contributed by atoms with Crippen LogP contribution in [0.4, 0.5) is 5.82 Å². The van der Waals surface area contributed by atoms with Gasteiger partial charge in [0.05, 0.1) is 30.0 Å². The Balaban J connectivity index is 1.33. The van der Waals surface area contributed by atoms with Crippen molar-refractivity contribution in [1.82, 2.24) is 14.9 Å². The first-order valence-electron chi connectivity index (χ1n) is 11.7. The molecule has 0 aliphatic carbocycles. The van der Waals surface area contributed by atoms with Crippen LogP contribution < -0.4 is 9.64 Å². The maximum atomic E-state index is 12.6. The van der Waals surface area contributed by atoms with Gasteiger partial charge < -0.3 is 19.3 Å². The van der Waals surface area contributed by atoms with Crippen molar-refractivity contribution in [3.63, 3.8) is 0 Å². The normalized spacial score (nSPS) is 20.2. The van der Waals surface area contributed by atoms with Crippen molar-refractivity contribution in [2.75, 3.05) is 45.3 Å². The fraction of sp³-hybridized carbons (Fsp3) is 0.520. The van der Waals surface area contributed by atoms with Gasteiger partial charge in [-0.1, -0.05) is 6.07 Å². The van der Waals surface area contributed by atoms with Crippen molar-refractivity contribution in [3.8, 4) is 5.75 Å². The van der Waals surface area contributed by atoms with Gasteiger partial charge in [0.1, 0.15) is 24.0 Å². The lowest BCUT2D eigenvalue weighted by atomic mass is 9.77. The summed E-state index contributed by atoms with van der Waals surface area (Å²) in [6.45, 7) is 5.68. The van der Waals surface area contributed by atoms with Gasteiger partial charge in [0.25, 0.3) is 0 Å². The molecule has 1 aromatic carbocycles. The molecule has 2 saturated heterocycles. The zero-order valence-electron chi connectivity index (χ0n) is 19.6. The molecule has 8 heteroatoms. The molecule has 1 spiro atoms. The van der Waals surface area contributed by atoms with Crippen molar-refractivity contribution in [2.45, 2.75) is 38.8 Å². The maximum absolute atomic E-state index is 12.6. The molecule has 5 rings (SSSR count). The zero-order valence-corrected chi connectivity index (χ0v) is 19.6. The van der Waals surface area contributed by atoms with Gasteiger partial charge in [-0.15, -0.1) is 0 Å². The summed E-state index contributed by atoms with van der Waals surface area (Å²) < 4.78 is 11.2. The molecule has 0 radical (unpaired) electrons. The lowest BCUT2D eigenvalue weighted by Gasteiger charge is -2.38. The average molecular weight is 450 g/mol. The number of benzene rings is 1. The second kappa shape index (κ2) is 8.74. The summed E-state index contributed by atoms with van der Waals surface area (Å²) in [5, 5.41) is 0. The molecule has 0 N–H and O–H groups in total. The Kier molecular flexibility index (Phi) is 5.78. The van der Waals surface area contributed by atoms with Gasteiger partial charge in [-0.3, -0.25) is 9.79 Å². The first-order chi connectivity index (χ1) is 16.0. The van der Waals surface area contributed by atoms with Gasteiger partial charge in [0.15, 0.2) is 0 Å². The van der Waals surface area contributed by atoms with E-state index in [0.717, 1.165) is 67.4 Å². The summed E-state index contributed by atoms with van der Waals surface area (Å²) in [7, 11) is 3.58. The topological polar surface area (TPSA) is 80.2 Å². The maximum Gasteiger partial charge on any atom is 0.228 e. The van der Waals surface area contributed by atoms with Crippen LogP contribution in [0, 0.1) is 5.41 Å². The molecule has 2 aromatic rings. The third-order valence-corrected chi connectivity index (χ3v) is 7.15. The van der Waals surface area contributed by atoms with E-state index in [-0.39, 0.29) is 11.5 Å². The van der Waals surface area contributed by atoms with Gasteiger partial charge in [-0.2, -0.15) is 0 Å². The molecule has 174 valence electrons. The number of fused-ring (bicyclic) bond motifs is 1. The quantitative estimate of drug-likeness (QED) is 0.675. The Labute approximate surface area is 194 Å². The molecule has 0 unspecified atom stereocenters. The first-order valence-corrected chi connectivity index (χ1v) is 11.7. The molecule has 3 aliphatic heterocycles. The first kappa shape index (κ1) is 21.8. The largest absolute Gasteiger partial charge is 0.488 e. The van der Waals surface area contributed by atoms with E-state index in [9.17, 15) is 4.79 Å². The van der Waals surface area contributed by atoms with Gasteiger partial charge in [-0.25, -0.2) is 9.97 Å². The van der Waals surface area contributed by atoms with Crippen LogP contribution in [0.3, 0.4) is 0 Å². The van der Waals surface area contributed by atoms with Gasteiger partial charge in [-0.05, 0) is 43.9 Å². The molecule has 1 aromatic heterocycles. The molecule has 0 bridgehead atoms. The third-order valence-electron chi connectivity index (χ3n) is 7.15. The number of nitrogens with zero attached hydrogens (tertiary/aromatic N) is 5. The number of rotatable bonds is 6. The average Bonchev–Trinajstić information content (AvgIpc) is 3.37. The predicted molar refractivity (Wildman–Crippen MR) is 126 cm³/mol. The van der Waals surface area contributed by atoms with Gasteiger partial charge in [0.2, 0.25) is 5.91 Å². The van der Waals surface area contributed by atoms with Crippen LogP contribution in [0.25, 0.3) is 0 Å². The lowest BCUT2D eigenvalue weighted by molar-refractivity contribution is -0.135. The second-order valence-corrected chi connectivity index (χ2v) is 9.37. The van der Waals surface area contributed by atoms with Crippen LogP contribution in [-0.4, -0.2) is 73.0 Å². The highest BCUT2D eigenvalue weighted by Crippen LogP contribution is 2.41. The highest BCUT2D eigenvalue weighted by atomic mass is 16.5. The number of ether oxygens (including phenoxy) is 2. The fourth-order valence-electron chi connectivity index (χ4n) is 5.23. The van der Waals surface area contributed by atoms with Crippen molar-refractivity contribution in [3.05, 3.63) is 47.4 Å². The van der Waals surface area contributed by atoms with E-state index in [1.54, 1.807) is 13.4 Å². The van der Waals surface area contributed by atoms with E-state index in [2.05, 4.69) is 20.9 Å². The summed E-state index contributed by atoms with van der Waals surface area (Å²) in [5.74, 6) is 2.00. The van der Waals surface area contributed by atoms with E-state index in [1.807, 2.05) is 37.1 Å². The van der Waals surface area contributed by atoms with Crippen LogP contribution in [-0.2, 0) is 16.1 Å². The van der Waals surface area contributed by atoms with Crippen LogP contribution >= 0.6 is 0 Å². The molecule has 8 nitrogen and oxygen atoms in total. The minimum Gasteiger partial charge on any atom is -0.488 e. The Morgan fingerprint density at radius 3 is 2.64 bits per heavy atom. The lowest BCUT2D eigenvalue weighted by Crippen LogP contribution is -2.44. The number of anilines is 1. The van der Waals surface area contributed by atoms with E-state index in [0.29, 0.717) is 19.1 Å². The van der Waals surface area contributed by atoms with Gasteiger partial charge >= 0.3 is 0 Å². The number of carbonyl (C=O) groups excluding carboxylic acids is 1. The Hall–Kier alpha value is -3.00. The minimum atomic E-state index is -0.175. The monoisotopic (exact) mass is 449 g/mol. The van der Waals surface area contributed by atoms with E-state index in [4.69, 9.17) is 14.5 Å². The Morgan fingerprint density at radius 2 is 1.91 bits per heavy atom.